The van der Waals surface area contributed by atoms with E-state index < -0.39 is 0 Å². The normalized spacial score (nSPS) is 10.1. The maximum atomic E-state index is 12.1. The quantitative estimate of drug-likeness (QED) is 0.621. The Hall–Kier alpha value is -1.01. The number of carbonyl (C=O) groups is 1. The van der Waals surface area contributed by atoms with Crippen molar-refractivity contribution in [3.8, 4) is 0 Å². The van der Waals surface area contributed by atoms with Gasteiger partial charge in [-0.2, -0.15) is 0 Å². The molecule has 0 fully saturated rings. The molecule has 0 atom stereocenters. The molecule has 2 rings (SSSR count). The van der Waals surface area contributed by atoms with Crippen molar-refractivity contribution in [3.63, 3.8) is 0 Å². The highest BCUT2D eigenvalue weighted by Crippen LogP contribution is 2.19. The average Bonchev–Trinajstić information content (AvgIpc) is 2.29. The van der Waals surface area contributed by atoms with Crippen molar-refractivity contribution in [1.29, 1.82) is 0 Å². The van der Waals surface area contributed by atoms with Crippen LogP contribution in [0.5, 0.6) is 0 Å². The number of nitrogens with zero attached hydrogens (tertiary/aromatic N) is 2. The fourth-order valence-corrected chi connectivity index (χ4v) is 2.01. The third kappa shape index (κ3) is 2.22. The first kappa shape index (κ1) is 11.5. The summed E-state index contributed by atoms with van der Waals surface area (Å²) < 4.78 is 0.574. The summed E-state index contributed by atoms with van der Waals surface area (Å²) in [6.45, 7) is 0. The fourth-order valence-electron chi connectivity index (χ4n) is 1.25. The Bertz CT molecular complexity index is 498. The monoisotopic (exact) mass is 344 g/mol. The lowest BCUT2D eigenvalue weighted by molar-refractivity contribution is 0.103. The molecule has 0 aliphatic heterocycles. The Labute approximate surface area is 111 Å². The summed E-state index contributed by atoms with van der Waals surface area (Å²) in [7, 11) is 0. The summed E-state index contributed by atoms with van der Waals surface area (Å²) in [6.07, 6.45) is 3.04. The highest BCUT2D eigenvalue weighted by atomic mass is 127. The van der Waals surface area contributed by atoms with E-state index in [9.17, 15) is 4.79 Å². The molecule has 0 spiro atoms. The van der Waals surface area contributed by atoms with Gasteiger partial charge in [0.2, 0.25) is 5.78 Å². The van der Waals surface area contributed by atoms with Crippen LogP contribution in [0.1, 0.15) is 16.1 Å². The van der Waals surface area contributed by atoms with E-state index in [1.807, 2.05) is 22.6 Å². The number of benzene rings is 1. The Morgan fingerprint density at radius 2 is 1.88 bits per heavy atom. The van der Waals surface area contributed by atoms with Crippen LogP contribution in [0.15, 0.2) is 36.7 Å². The van der Waals surface area contributed by atoms with Gasteiger partial charge < -0.3 is 0 Å². The summed E-state index contributed by atoms with van der Waals surface area (Å²) in [4.78, 5) is 20.1. The summed E-state index contributed by atoms with van der Waals surface area (Å²) in [5.74, 6) is -0.205. The van der Waals surface area contributed by atoms with Crippen LogP contribution in [-0.4, -0.2) is 15.8 Å². The Morgan fingerprint density at radius 1 is 1.19 bits per heavy atom. The molecule has 2 aromatic rings. The van der Waals surface area contributed by atoms with Crippen molar-refractivity contribution in [2.45, 2.75) is 0 Å². The van der Waals surface area contributed by atoms with Gasteiger partial charge in [-0.05, 0) is 34.7 Å². The van der Waals surface area contributed by atoms with Crippen molar-refractivity contribution < 1.29 is 4.79 Å². The zero-order chi connectivity index (χ0) is 11.5. The molecule has 0 saturated carbocycles. The van der Waals surface area contributed by atoms with E-state index in [1.165, 1.54) is 6.20 Å². The largest absolute Gasteiger partial charge is 0.287 e. The van der Waals surface area contributed by atoms with Gasteiger partial charge in [0.15, 0.2) is 0 Å². The minimum absolute atomic E-state index is 0.205. The maximum absolute atomic E-state index is 12.1. The minimum Gasteiger partial charge on any atom is -0.287 e. The van der Waals surface area contributed by atoms with Gasteiger partial charge in [-0.1, -0.05) is 23.7 Å². The van der Waals surface area contributed by atoms with E-state index in [1.54, 1.807) is 30.5 Å². The molecule has 3 nitrogen and oxygen atoms in total. The van der Waals surface area contributed by atoms with Crippen molar-refractivity contribution in [2.75, 3.05) is 0 Å². The lowest BCUT2D eigenvalue weighted by Crippen LogP contribution is -2.08. The third-order valence-corrected chi connectivity index (χ3v) is 3.11. The van der Waals surface area contributed by atoms with Crippen molar-refractivity contribution in [3.05, 3.63) is 56.6 Å². The molecule has 0 aliphatic rings. The van der Waals surface area contributed by atoms with Crippen LogP contribution >= 0.6 is 34.2 Å². The molecule has 16 heavy (non-hydrogen) atoms. The van der Waals surface area contributed by atoms with Crippen LogP contribution in [0.3, 0.4) is 0 Å². The summed E-state index contributed by atoms with van der Waals surface area (Å²) in [5.41, 5.74) is 0.777. The van der Waals surface area contributed by atoms with Crippen molar-refractivity contribution in [1.82, 2.24) is 9.97 Å². The van der Waals surface area contributed by atoms with E-state index in [2.05, 4.69) is 9.97 Å². The topological polar surface area (TPSA) is 42.9 Å². The summed E-state index contributed by atoms with van der Waals surface area (Å²) >= 11 is 7.93. The minimum atomic E-state index is -0.205. The van der Waals surface area contributed by atoms with Crippen LogP contribution in [0.2, 0.25) is 5.02 Å². The van der Waals surface area contributed by atoms with E-state index >= 15 is 0 Å². The van der Waals surface area contributed by atoms with Crippen LogP contribution in [-0.2, 0) is 0 Å². The molecule has 1 aromatic carbocycles. The lowest BCUT2D eigenvalue weighted by Gasteiger charge is -2.03. The van der Waals surface area contributed by atoms with E-state index in [0.717, 1.165) is 0 Å². The SMILES string of the molecule is O=C(c1ccccc1Cl)c1nccnc1I. The zero-order valence-corrected chi connectivity index (χ0v) is 10.9. The van der Waals surface area contributed by atoms with E-state index in [4.69, 9.17) is 11.6 Å². The number of rotatable bonds is 2. The molecular formula is C11H6ClIN2O. The number of hydrogen-bond acceptors (Lipinski definition) is 3. The predicted molar refractivity (Wildman–Crippen MR) is 69.6 cm³/mol. The van der Waals surface area contributed by atoms with Gasteiger partial charge in [0.1, 0.15) is 9.39 Å². The molecule has 0 amide bonds. The van der Waals surface area contributed by atoms with Crippen LogP contribution in [0.25, 0.3) is 0 Å². The van der Waals surface area contributed by atoms with E-state index in [0.29, 0.717) is 20.0 Å². The second-order valence-corrected chi connectivity index (χ2v) is 4.43. The summed E-state index contributed by atoms with van der Waals surface area (Å²) in [5, 5.41) is 0.425. The first-order valence-corrected chi connectivity index (χ1v) is 5.91. The van der Waals surface area contributed by atoms with Crippen LogP contribution in [0, 0.1) is 3.70 Å². The van der Waals surface area contributed by atoms with Gasteiger partial charge in [0.25, 0.3) is 0 Å². The van der Waals surface area contributed by atoms with Crippen LogP contribution < -0.4 is 0 Å². The van der Waals surface area contributed by atoms with Gasteiger partial charge in [-0.15, -0.1) is 0 Å². The Morgan fingerprint density at radius 3 is 2.56 bits per heavy atom. The standard InChI is InChI=1S/C11H6ClIN2O/c12-8-4-2-1-3-7(8)10(16)9-11(13)15-6-5-14-9/h1-6H. The highest BCUT2D eigenvalue weighted by Gasteiger charge is 2.16. The molecule has 0 aliphatic carbocycles. The van der Waals surface area contributed by atoms with Gasteiger partial charge in [-0.25, -0.2) is 9.97 Å². The first-order valence-electron chi connectivity index (χ1n) is 4.46. The number of ketones is 1. The average molecular weight is 345 g/mol. The van der Waals surface area contributed by atoms with Crippen molar-refractivity contribution in [2.24, 2.45) is 0 Å². The number of aromatic nitrogens is 2. The molecule has 0 unspecified atom stereocenters. The molecule has 1 heterocycles. The molecule has 0 N–H and O–H groups in total. The molecule has 0 radical (unpaired) electrons. The van der Waals surface area contributed by atoms with Gasteiger partial charge in [-0.3, -0.25) is 4.79 Å². The first-order chi connectivity index (χ1) is 7.70. The number of carbonyl (C=O) groups excluding carboxylic acids is 1. The molecule has 1 aromatic heterocycles. The second-order valence-electron chi connectivity index (χ2n) is 3.00. The van der Waals surface area contributed by atoms with Gasteiger partial charge >= 0.3 is 0 Å². The molecular weight excluding hydrogens is 338 g/mol. The van der Waals surface area contributed by atoms with Crippen LogP contribution in [0.4, 0.5) is 0 Å². The zero-order valence-electron chi connectivity index (χ0n) is 8.02. The molecule has 80 valence electrons. The molecule has 5 heteroatoms. The Balaban J connectivity index is 2.48. The third-order valence-electron chi connectivity index (χ3n) is 1.99. The number of halogens is 2. The van der Waals surface area contributed by atoms with Crippen molar-refractivity contribution >= 4 is 40.0 Å². The molecule has 0 bridgehead atoms. The summed E-state index contributed by atoms with van der Waals surface area (Å²) in [6, 6.07) is 6.90. The number of hydrogen-bond donors (Lipinski definition) is 0. The molecule has 0 saturated heterocycles. The van der Waals surface area contributed by atoms with E-state index in [-0.39, 0.29) is 5.78 Å². The smallest absolute Gasteiger partial charge is 0.215 e. The van der Waals surface area contributed by atoms with Gasteiger partial charge in [0, 0.05) is 18.0 Å². The van der Waals surface area contributed by atoms with Gasteiger partial charge in [0.05, 0.1) is 5.02 Å². The second kappa shape index (κ2) is 4.88. The Kier molecular flexibility index (Phi) is 3.50. The highest BCUT2D eigenvalue weighted by molar-refractivity contribution is 14.1. The maximum Gasteiger partial charge on any atom is 0.215 e. The lowest BCUT2D eigenvalue weighted by atomic mass is 10.1. The predicted octanol–water partition coefficient (Wildman–Crippen LogP) is 2.97. The fraction of sp³-hybridized carbons (Fsp3) is 0.